The second-order valence-corrected chi connectivity index (χ2v) is 10.8. The van der Waals surface area contributed by atoms with Crippen LogP contribution in [-0.2, 0) is 16.8 Å². The van der Waals surface area contributed by atoms with Gasteiger partial charge in [0.25, 0.3) is 5.91 Å². The standard InChI is InChI=1S/C30H25ClN4O2/c31-22-12-10-19(11-13-22)24-16-30(24)23-6-1-2-7-26(23)35(29(30)37)17-18-4-3-5-21(14-18)28(36)32-27-15-25(33-34-27)20-8-9-20/h1-7,10-15,20,24H,8-9,16-17H2,(H2,32,33,34,36). The van der Waals surface area contributed by atoms with Crippen LogP contribution in [0.4, 0.5) is 11.5 Å². The summed E-state index contributed by atoms with van der Waals surface area (Å²) >= 11 is 6.10. The van der Waals surface area contributed by atoms with E-state index in [1.165, 1.54) is 0 Å². The zero-order valence-electron chi connectivity index (χ0n) is 20.1. The van der Waals surface area contributed by atoms with Gasteiger partial charge in [0.15, 0.2) is 5.82 Å². The van der Waals surface area contributed by atoms with Gasteiger partial charge in [-0.1, -0.05) is 54.1 Å². The lowest BCUT2D eigenvalue weighted by Crippen LogP contribution is -2.32. The first-order valence-electron chi connectivity index (χ1n) is 12.7. The molecule has 0 saturated heterocycles. The maximum absolute atomic E-state index is 13.9. The maximum Gasteiger partial charge on any atom is 0.256 e. The molecule has 1 aliphatic heterocycles. The number of nitrogens with zero attached hydrogens (tertiary/aromatic N) is 2. The maximum atomic E-state index is 13.9. The van der Waals surface area contributed by atoms with Gasteiger partial charge in [-0.3, -0.25) is 14.7 Å². The van der Waals surface area contributed by atoms with Crippen LogP contribution >= 0.6 is 11.6 Å². The van der Waals surface area contributed by atoms with Crippen molar-refractivity contribution in [1.29, 1.82) is 0 Å². The molecule has 0 radical (unpaired) electrons. The minimum absolute atomic E-state index is 0.118. The Balaban J connectivity index is 1.13. The van der Waals surface area contributed by atoms with E-state index in [0.29, 0.717) is 28.9 Å². The van der Waals surface area contributed by atoms with Crippen LogP contribution < -0.4 is 10.2 Å². The number of hydrogen-bond donors (Lipinski definition) is 2. The monoisotopic (exact) mass is 508 g/mol. The lowest BCUT2D eigenvalue weighted by atomic mass is 9.92. The van der Waals surface area contributed by atoms with Crippen LogP contribution in [0.2, 0.25) is 5.02 Å². The van der Waals surface area contributed by atoms with E-state index in [0.717, 1.165) is 47.3 Å². The highest BCUT2D eigenvalue weighted by molar-refractivity contribution is 6.30. The summed E-state index contributed by atoms with van der Waals surface area (Å²) in [6, 6.07) is 25.3. The normalized spacial score (nSPS) is 21.8. The van der Waals surface area contributed by atoms with E-state index in [1.54, 1.807) is 6.07 Å². The first kappa shape index (κ1) is 22.3. The second-order valence-electron chi connectivity index (χ2n) is 10.3. The Morgan fingerprint density at radius 3 is 2.68 bits per heavy atom. The number of nitrogens with one attached hydrogen (secondary N) is 2. The van der Waals surface area contributed by atoms with Gasteiger partial charge in [0.1, 0.15) is 0 Å². The van der Waals surface area contributed by atoms with E-state index in [2.05, 4.69) is 21.6 Å². The third-order valence-corrected chi connectivity index (χ3v) is 8.17. The highest BCUT2D eigenvalue weighted by atomic mass is 35.5. The number of H-pyrrole nitrogens is 1. The molecular formula is C30H25ClN4O2. The number of carbonyl (C=O) groups excluding carboxylic acids is 2. The van der Waals surface area contributed by atoms with Crippen molar-refractivity contribution in [3.05, 3.63) is 112 Å². The van der Waals surface area contributed by atoms with Crippen molar-refractivity contribution < 1.29 is 9.59 Å². The molecule has 184 valence electrons. The summed E-state index contributed by atoms with van der Waals surface area (Å²) in [5.74, 6) is 1.11. The Hall–Kier alpha value is -3.90. The Bertz CT molecular complexity index is 1540. The molecule has 3 aromatic carbocycles. The number of amides is 2. The van der Waals surface area contributed by atoms with Crippen molar-refractivity contribution >= 4 is 34.9 Å². The molecular weight excluding hydrogens is 484 g/mol. The molecule has 2 fully saturated rings. The Morgan fingerprint density at radius 1 is 1.05 bits per heavy atom. The van der Waals surface area contributed by atoms with Crippen molar-refractivity contribution in [2.75, 3.05) is 10.2 Å². The van der Waals surface area contributed by atoms with E-state index >= 15 is 0 Å². The molecule has 1 spiro atoms. The third kappa shape index (κ3) is 3.75. The summed E-state index contributed by atoms with van der Waals surface area (Å²) < 4.78 is 0. The van der Waals surface area contributed by atoms with Crippen molar-refractivity contribution in [2.45, 2.75) is 43.1 Å². The van der Waals surface area contributed by atoms with E-state index < -0.39 is 5.41 Å². The van der Waals surface area contributed by atoms with Crippen molar-refractivity contribution in [2.24, 2.45) is 0 Å². The summed E-state index contributed by atoms with van der Waals surface area (Å²) in [5.41, 5.74) is 5.14. The van der Waals surface area contributed by atoms with Gasteiger partial charge in [0.05, 0.1) is 12.0 Å². The van der Waals surface area contributed by atoms with Gasteiger partial charge < -0.3 is 10.2 Å². The lowest BCUT2D eigenvalue weighted by Gasteiger charge is -2.19. The molecule has 2 aliphatic carbocycles. The smallest absolute Gasteiger partial charge is 0.256 e. The zero-order valence-corrected chi connectivity index (χ0v) is 20.8. The van der Waals surface area contributed by atoms with Crippen LogP contribution in [0.1, 0.15) is 63.8 Å². The summed E-state index contributed by atoms with van der Waals surface area (Å²) in [5, 5.41) is 10.8. The molecule has 2 heterocycles. The van der Waals surface area contributed by atoms with Crippen molar-refractivity contribution in [1.82, 2.24) is 10.2 Å². The SMILES string of the molecule is O=C(Nc1cc(C2CC2)[nH]n1)c1cccc(CN2C(=O)C3(CC3c3ccc(Cl)cc3)c3ccccc32)c1. The first-order valence-corrected chi connectivity index (χ1v) is 13.0. The predicted molar refractivity (Wildman–Crippen MR) is 143 cm³/mol. The van der Waals surface area contributed by atoms with Crippen molar-refractivity contribution in [3.63, 3.8) is 0 Å². The van der Waals surface area contributed by atoms with Gasteiger partial charge in [-0.05, 0) is 66.3 Å². The molecule has 37 heavy (non-hydrogen) atoms. The number of aromatic amines is 1. The predicted octanol–water partition coefficient (Wildman–Crippen LogP) is 6.16. The third-order valence-electron chi connectivity index (χ3n) is 7.92. The molecule has 3 aliphatic rings. The number of carbonyl (C=O) groups is 2. The minimum atomic E-state index is -0.529. The second kappa shape index (κ2) is 8.32. The lowest BCUT2D eigenvalue weighted by molar-refractivity contribution is -0.120. The van der Waals surface area contributed by atoms with Crippen LogP contribution in [0, 0.1) is 0 Å². The van der Waals surface area contributed by atoms with Gasteiger partial charge >= 0.3 is 0 Å². The van der Waals surface area contributed by atoms with E-state index in [4.69, 9.17) is 11.6 Å². The van der Waals surface area contributed by atoms with Crippen LogP contribution in [0.25, 0.3) is 0 Å². The fourth-order valence-corrected chi connectivity index (χ4v) is 5.92. The fraction of sp³-hybridized carbons (Fsp3) is 0.233. The number of anilines is 2. The van der Waals surface area contributed by atoms with Crippen LogP contribution in [-0.4, -0.2) is 22.0 Å². The molecule has 2 atom stereocenters. The quantitative estimate of drug-likeness (QED) is 0.327. The molecule has 6 nitrogen and oxygen atoms in total. The highest BCUT2D eigenvalue weighted by Crippen LogP contribution is 2.66. The van der Waals surface area contributed by atoms with Crippen LogP contribution in [0.5, 0.6) is 0 Å². The number of rotatable bonds is 6. The number of para-hydroxylation sites is 1. The van der Waals surface area contributed by atoms with Crippen molar-refractivity contribution in [3.8, 4) is 0 Å². The van der Waals surface area contributed by atoms with E-state index in [9.17, 15) is 9.59 Å². The van der Waals surface area contributed by atoms with Gasteiger partial charge in [0, 0.05) is 39.9 Å². The molecule has 7 heteroatoms. The molecule has 7 rings (SSSR count). The number of aromatic nitrogens is 2. The summed E-state index contributed by atoms with van der Waals surface area (Å²) in [4.78, 5) is 28.7. The summed E-state index contributed by atoms with van der Waals surface area (Å²) in [6.45, 7) is 0.403. The van der Waals surface area contributed by atoms with E-state index in [1.807, 2.05) is 71.6 Å². The topological polar surface area (TPSA) is 78.1 Å². The zero-order chi connectivity index (χ0) is 25.1. The number of hydrogen-bond acceptors (Lipinski definition) is 3. The number of fused-ring (bicyclic) bond motifs is 2. The minimum Gasteiger partial charge on any atom is -0.307 e. The first-order chi connectivity index (χ1) is 18.0. The Kier molecular flexibility index (Phi) is 5.01. The average molecular weight is 509 g/mol. The molecule has 0 bridgehead atoms. The summed E-state index contributed by atoms with van der Waals surface area (Å²) in [7, 11) is 0. The van der Waals surface area contributed by atoms with Gasteiger partial charge in [0.2, 0.25) is 5.91 Å². The summed E-state index contributed by atoms with van der Waals surface area (Å²) in [6.07, 6.45) is 3.12. The highest BCUT2D eigenvalue weighted by Gasteiger charge is 2.67. The molecule has 2 saturated carbocycles. The largest absolute Gasteiger partial charge is 0.307 e. The van der Waals surface area contributed by atoms with E-state index in [-0.39, 0.29) is 17.7 Å². The number of benzene rings is 3. The number of halogens is 1. The van der Waals surface area contributed by atoms with Gasteiger partial charge in [-0.15, -0.1) is 0 Å². The Labute approximate surface area is 219 Å². The van der Waals surface area contributed by atoms with Gasteiger partial charge in [-0.25, -0.2) is 0 Å². The fourth-order valence-electron chi connectivity index (χ4n) is 5.79. The molecule has 2 N–H and O–H groups in total. The van der Waals surface area contributed by atoms with Crippen LogP contribution in [0.15, 0.2) is 78.9 Å². The molecule has 2 amide bonds. The molecule has 1 aromatic heterocycles. The molecule has 4 aromatic rings. The Morgan fingerprint density at radius 2 is 1.86 bits per heavy atom. The van der Waals surface area contributed by atoms with Crippen LogP contribution in [0.3, 0.4) is 0 Å². The average Bonchev–Trinajstić information content (AvgIpc) is 3.83. The molecule has 2 unspecified atom stereocenters. The van der Waals surface area contributed by atoms with Gasteiger partial charge in [-0.2, -0.15) is 5.10 Å².